The Hall–Kier alpha value is -1.55. The van der Waals surface area contributed by atoms with Crippen molar-refractivity contribution < 1.29 is 9.59 Å². The Morgan fingerprint density at radius 1 is 1.44 bits per heavy atom. The molecule has 2 amide bonds. The van der Waals surface area contributed by atoms with Crippen LogP contribution in [0.1, 0.15) is 18.9 Å². The minimum absolute atomic E-state index is 0.0617. The molecule has 1 heterocycles. The van der Waals surface area contributed by atoms with Gasteiger partial charge in [-0.25, -0.2) is 0 Å². The number of hydrogen-bond donors (Lipinski definition) is 1. The lowest BCUT2D eigenvalue weighted by Gasteiger charge is -2.26. The number of halogens is 1. The van der Waals surface area contributed by atoms with E-state index in [0.717, 1.165) is 5.56 Å². The topological polar surface area (TPSA) is 49.4 Å². The van der Waals surface area contributed by atoms with Crippen molar-refractivity contribution in [1.82, 2.24) is 10.2 Å². The zero-order chi connectivity index (χ0) is 13.1. The van der Waals surface area contributed by atoms with Gasteiger partial charge in [0, 0.05) is 24.0 Å². The maximum Gasteiger partial charge on any atom is 0.242 e. The first-order chi connectivity index (χ1) is 8.56. The Bertz CT molecular complexity index is 476. The highest BCUT2D eigenvalue weighted by molar-refractivity contribution is 6.30. The van der Waals surface area contributed by atoms with E-state index >= 15 is 0 Å². The summed E-state index contributed by atoms with van der Waals surface area (Å²) >= 11 is 5.92. The Labute approximate surface area is 111 Å². The average Bonchev–Trinajstić information content (AvgIpc) is 2.43. The molecule has 96 valence electrons. The molecule has 1 aliphatic rings. The van der Waals surface area contributed by atoms with Crippen LogP contribution in [0.25, 0.3) is 0 Å². The lowest BCUT2D eigenvalue weighted by atomic mass is 10.1. The van der Waals surface area contributed by atoms with E-state index in [0.29, 0.717) is 18.0 Å². The smallest absolute Gasteiger partial charge is 0.242 e. The fraction of sp³-hybridized carbons (Fsp3) is 0.385. The first kappa shape index (κ1) is 12.9. The minimum Gasteiger partial charge on any atom is -0.347 e. The van der Waals surface area contributed by atoms with Gasteiger partial charge in [-0.3, -0.25) is 9.59 Å². The lowest BCUT2D eigenvalue weighted by molar-refractivity contribution is -0.132. The molecule has 5 heteroatoms. The minimum atomic E-state index is -0.0982. The maximum absolute atomic E-state index is 11.9. The summed E-state index contributed by atoms with van der Waals surface area (Å²) in [5, 5.41) is 3.25. The van der Waals surface area contributed by atoms with Gasteiger partial charge in [0.15, 0.2) is 0 Å². The molecule has 1 fully saturated rings. The molecule has 0 bridgehead atoms. The highest BCUT2D eigenvalue weighted by Crippen LogP contribution is 2.16. The number of hydrogen-bond acceptors (Lipinski definition) is 2. The molecular formula is C13H15ClN2O2. The van der Waals surface area contributed by atoms with Gasteiger partial charge in [0.25, 0.3) is 0 Å². The number of amides is 2. The summed E-state index contributed by atoms with van der Waals surface area (Å²) in [6, 6.07) is 7.31. The van der Waals surface area contributed by atoms with Crippen molar-refractivity contribution in [2.24, 2.45) is 0 Å². The van der Waals surface area contributed by atoms with Crippen LogP contribution in [0.15, 0.2) is 24.3 Å². The summed E-state index contributed by atoms with van der Waals surface area (Å²) in [6.45, 7) is 2.44. The highest BCUT2D eigenvalue weighted by atomic mass is 35.5. The molecule has 4 nitrogen and oxygen atoms in total. The van der Waals surface area contributed by atoms with E-state index in [2.05, 4.69) is 5.32 Å². The summed E-state index contributed by atoms with van der Waals surface area (Å²) in [7, 11) is 0. The second-order valence-electron chi connectivity index (χ2n) is 4.48. The van der Waals surface area contributed by atoms with E-state index in [1.807, 2.05) is 25.1 Å². The van der Waals surface area contributed by atoms with E-state index < -0.39 is 0 Å². The van der Waals surface area contributed by atoms with Gasteiger partial charge in [-0.2, -0.15) is 0 Å². The van der Waals surface area contributed by atoms with E-state index in [4.69, 9.17) is 11.6 Å². The second-order valence-corrected chi connectivity index (χ2v) is 4.92. The monoisotopic (exact) mass is 266 g/mol. The average molecular weight is 267 g/mol. The van der Waals surface area contributed by atoms with Crippen molar-refractivity contribution in [3.8, 4) is 0 Å². The molecule has 1 aromatic carbocycles. The third kappa shape index (κ3) is 3.01. The fourth-order valence-electron chi connectivity index (χ4n) is 2.05. The predicted octanol–water partition coefficient (Wildman–Crippen LogP) is 1.58. The van der Waals surface area contributed by atoms with Crippen molar-refractivity contribution in [2.75, 3.05) is 6.54 Å². The Balaban J connectivity index is 2.15. The molecule has 1 unspecified atom stereocenters. The van der Waals surface area contributed by atoms with E-state index in [9.17, 15) is 9.59 Å². The van der Waals surface area contributed by atoms with Gasteiger partial charge >= 0.3 is 0 Å². The summed E-state index contributed by atoms with van der Waals surface area (Å²) in [6.07, 6.45) is 0.340. The van der Waals surface area contributed by atoms with Crippen LogP contribution in [-0.4, -0.2) is 29.3 Å². The van der Waals surface area contributed by atoms with Crippen molar-refractivity contribution in [2.45, 2.75) is 25.9 Å². The number of carbonyl (C=O) groups is 2. The largest absolute Gasteiger partial charge is 0.347 e. The molecule has 0 saturated carbocycles. The molecule has 0 aromatic heterocycles. The summed E-state index contributed by atoms with van der Waals surface area (Å²) < 4.78 is 0. The maximum atomic E-state index is 11.9. The quantitative estimate of drug-likeness (QED) is 0.884. The summed E-state index contributed by atoms with van der Waals surface area (Å²) in [4.78, 5) is 25.0. The van der Waals surface area contributed by atoms with Gasteiger partial charge in [0.2, 0.25) is 11.8 Å². The molecule has 18 heavy (non-hydrogen) atoms. The molecule has 0 aliphatic carbocycles. The standard InChI is InChI=1S/C13H15ClN2O2/c1-9-5-12(17)15-7-13(18)16(9)8-10-3-2-4-11(14)6-10/h2-4,6,9H,5,7-8H2,1H3,(H,15,17). The van der Waals surface area contributed by atoms with Crippen LogP contribution in [0.4, 0.5) is 0 Å². The van der Waals surface area contributed by atoms with Gasteiger partial charge in [-0.05, 0) is 24.6 Å². The molecule has 0 radical (unpaired) electrons. The first-order valence-corrected chi connectivity index (χ1v) is 6.24. The van der Waals surface area contributed by atoms with Crippen molar-refractivity contribution in [3.63, 3.8) is 0 Å². The molecule has 0 spiro atoms. The van der Waals surface area contributed by atoms with Crippen LogP contribution in [0.2, 0.25) is 5.02 Å². The van der Waals surface area contributed by atoms with E-state index in [1.165, 1.54) is 0 Å². The number of carbonyl (C=O) groups excluding carboxylic acids is 2. The van der Waals surface area contributed by atoms with Crippen molar-refractivity contribution in [3.05, 3.63) is 34.9 Å². The van der Waals surface area contributed by atoms with Crippen LogP contribution in [0, 0.1) is 0 Å². The van der Waals surface area contributed by atoms with Crippen LogP contribution >= 0.6 is 11.6 Å². The number of rotatable bonds is 2. The zero-order valence-corrected chi connectivity index (χ0v) is 10.9. The molecule has 1 aliphatic heterocycles. The molecule has 1 saturated heterocycles. The van der Waals surface area contributed by atoms with Crippen LogP contribution in [0.5, 0.6) is 0 Å². The Morgan fingerprint density at radius 3 is 2.94 bits per heavy atom. The van der Waals surface area contributed by atoms with Gasteiger partial charge in [0.1, 0.15) is 0 Å². The fourth-order valence-corrected chi connectivity index (χ4v) is 2.26. The van der Waals surface area contributed by atoms with Crippen molar-refractivity contribution >= 4 is 23.4 Å². The number of nitrogens with zero attached hydrogens (tertiary/aromatic N) is 1. The van der Waals surface area contributed by atoms with Gasteiger partial charge in [-0.1, -0.05) is 23.7 Å². The van der Waals surface area contributed by atoms with Gasteiger partial charge in [-0.15, -0.1) is 0 Å². The Kier molecular flexibility index (Phi) is 3.87. The molecule has 1 aromatic rings. The van der Waals surface area contributed by atoms with Crippen LogP contribution < -0.4 is 5.32 Å². The summed E-state index contributed by atoms with van der Waals surface area (Å²) in [5.74, 6) is -0.141. The second kappa shape index (κ2) is 5.40. The van der Waals surface area contributed by atoms with Gasteiger partial charge in [0.05, 0.1) is 6.54 Å². The van der Waals surface area contributed by atoms with E-state index in [1.54, 1.807) is 11.0 Å². The predicted molar refractivity (Wildman–Crippen MR) is 69.1 cm³/mol. The highest BCUT2D eigenvalue weighted by Gasteiger charge is 2.26. The number of benzene rings is 1. The normalized spacial score (nSPS) is 20.6. The van der Waals surface area contributed by atoms with Gasteiger partial charge < -0.3 is 10.2 Å². The zero-order valence-electron chi connectivity index (χ0n) is 10.1. The molecule has 2 rings (SSSR count). The molecule has 1 atom stereocenters. The van der Waals surface area contributed by atoms with Crippen LogP contribution in [0.3, 0.4) is 0 Å². The molecule has 1 N–H and O–H groups in total. The lowest BCUT2D eigenvalue weighted by Crippen LogP contribution is -2.39. The summed E-state index contributed by atoms with van der Waals surface area (Å²) in [5.41, 5.74) is 0.969. The SMILES string of the molecule is CC1CC(=O)NCC(=O)N1Cc1cccc(Cl)c1. The van der Waals surface area contributed by atoms with E-state index in [-0.39, 0.29) is 24.4 Å². The van der Waals surface area contributed by atoms with Crippen LogP contribution in [-0.2, 0) is 16.1 Å². The Morgan fingerprint density at radius 2 is 2.22 bits per heavy atom. The third-order valence-corrected chi connectivity index (χ3v) is 3.25. The molecular weight excluding hydrogens is 252 g/mol. The third-order valence-electron chi connectivity index (χ3n) is 3.01. The first-order valence-electron chi connectivity index (χ1n) is 5.87. The number of nitrogens with one attached hydrogen (secondary N) is 1. The van der Waals surface area contributed by atoms with Crippen molar-refractivity contribution in [1.29, 1.82) is 0 Å².